The van der Waals surface area contributed by atoms with Crippen LogP contribution in [-0.4, -0.2) is 42.2 Å². The number of benzene rings is 1. The van der Waals surface area contributed by atoms with E-state index >= 15 is 0 Å². The first-order chi connectivity index (χ1) is 9.08. The predicted octanol–water partition coefficient (Wildman–Crippen LogP) is 1.49. The normalized spacial score (nSPS) is 12.5. The molecule has 19 heavy (non-hydrogen) atoms. The molecule has 0 fully saturated rings. The number of aliphatic hydroxyl groups excluding tert-OH is 1. The van der Waals surface area contributed by atoms with Crippen LogP contribution in [0, 0.1) is 6.92 Å². The number of hydrogen-bond donors (Lipinski definition) is 2. The molecule has 0 radical (unpaired) electrons. The molecule has 0 aliphatic rings. The van der Waals surface area contributed by atoms with Crippen molar-refractivity contribution in [3.63, 3.8) is 0 Å². The Kier molecular flexibility index (Phi) is 6.53. The number of aryl methyl sites for hydroxylation is 1. The minimum atomic E-state index is -0.00828. The number of rotatable bonds is 7. The summed E-state index contributed by atoms with van der Waals surface area (Å²) < 4.78 is 0. The molecule has 4 nitrogen and oxygen atoms in total. The topological polar surface area (TPSA) is 52.6 Å². The lowest BCUT2D eigenvalue weighted by Crippen LogP contribution is -2.39. The fourth-order valence-corrected chi connectivity index (χ4v) is 2.13. The number of carbonyl (C=O) groups is 1. The van der Waals surface area contributed by atoms with Gasteiger partial charge in [0.05, 0.1) is 19.2 Å². The standard InChI is InChI=1S/C15H24N2O2/c1-4-17(9-10-18)11-15(19)16-13(3)14-8-6-5-7-12(14)2/h5-8,13,18H,4,9-11H2,1-3H3,(H,16,19). The molecule has 0 saturated heterocycles. The smallest absolute Gasteiger partial charge is 0.234 e. The first kappa shape index (κ1) is 15.7. The van der Waals surface area contributed by atoms with E-state index in [4.69, 9.17) is 5.11 Å². The minimum Gasteiger partial charge on any atom is -0.395 e. The van der Waals surface area contributed by atoms with E-state index in [0.717, 1.165) is 12.1 Å². The maximum atomic E-state index is 11.9. The van der Waals surface area contributed by atoms with Gasteiger partial charge in [-0.1, -0.05) is 31.2 Å². The molecule has 0 aliphatic carbocycles. The van der Waals surface area contributed by atoms with Crippen molar-refractivity contribution in [1.82, 2.24) is 10.2 Å². The molecule has 0 aromatic heterocycles. The third-order valence-electron chi connectivity index (χ3n) is 3.26. The van der Waals surface area contributed by atoms with E-state index in [-0.39, 0.29) is 18.6 Å². The highest BCUT2D eigenvalue weighted by atomic mass is 16.3. The third-order valence-corrected chi connectivity index (χ3v) is 3.26. The summed E-state index contributed by atoms with van der Waals surface area (Å²) in [6.45, 7) is 7.70. The molecule has 1 unspecified atom stereocenters. The van der Waals surface area contributed by atoms with E-state index in [1.54, 1.807) is 0 Å². The fourth-order valence-electron chi connectivity index (χ4n) is 2.13. The number of carbonyl (C=O) groups excluding carboxylic acids is 1. The van der Waals surface area contributed by atoms with Crippen LogP contribution in [0.15, 0.2) is 24.3 Å². The summed E-state index contributed by atoms with van der Waals surface area (Å²) in [5, 5.41) is 11.9. The zero-order chi connectivity index (χ0) is 14.3. The molecule has 0 aliphatic heterocycles. The Hall–Kier alpha value is -1.39. The largest absolute Gasteiger partial charge is 0.395 e. The van der Waals surface area contributed by atoms with Crippen LogP contribution >= 0.6 is 0 Å². The van der Waals surface area contributed by atoms with Crippen LogP contribution in [0.1, 0.15) is 31.0 Å². The number of hydrogen-bond acceptors (Lipinski definition) is 3. The summed E-state index contributed by atoms with van der Waals surface area (Å²) in [5.41, 5.74) is 2.32. The van der Waals surface area contributed by atoms with Gasteiger partial charge in [-0.25, -0.2) is 0 Å². The molecule has 0 bridgehead atoms. The van der Waals surface area contributed by atoms with Crippen LogP contribution in [0.4, 0.5) is 0 Å². The molecule has 1 aromatic carbocycles. The van der Waals surface area contributed by atoms with E-state index in [2.05, 4.69) is 5.32 Å². The van der Waals surface area contributed by atoms with Crippen LogP contribution < -0.4 is 5.32 Å². The third kappa shape index (κ3) is 5.01. The molecule has 2 N–H and O–H groups in total. The van der Waals surface area contributed by atoms with Crippen LogP contribution in [0.3, 0.4) is 0 Å². The molecular weight excluding hydrogens is 240 g/mol. The van der Waals surface area contributed by atoms with Crippen molar-refractivity contribution in [2.24, 2.45) is 0 Å². The van der Waals surface area contributed by atoms with Gasteiger partial charge in [0.15, 0.2) is 0 Å². The van der Waals surface area contributed by atoms with Crippen molar-refractivity contribution >= 4 is 5.91 Å². The van der Waals surface area contributed by atoms with Gasteiger partial charge >= 0.3 is 0 Å². The zero-order valence-electron chi connectivity index (χ0n) is 12.0. The van der Waals surface area contributed by atoms with Gasteiger partial charge in [0.2, 0.25) is 5.91 Å². The fraction of sp³-hybridized carbons (Fsp3) is 0.533. The quantitative estimate of drug-likeness (QED) is 0.784. The van der Waals surface area contributed by atoms with Crippen LogP contribution in [0.2, 0.25) is 0 Å². The molecule has 1 atom stereocenters. The Bertz CT molecular complexity index is 407. The second kappa shape index (κ2) is 7.92. The molecule has 0 heterocycles. The average molecular weight is 264 g/mol. The predicted molar refractivity (Wildman–Crippen MR) is 76.9 cm³/mol. The minimum absolute atomic E-state index is 0.00142. The first-order valence-corrected chi connectivity index (χ1v) is 6.76. The maximum absolute atomic E-state index is 11.9. The summed E-state index contributed by atoms with van der Waals surface area (Å²) in [6.07, 6.45) is 0. The van der Waals surface area contributed by atoms with Crippen LogP contribution in [0.5, 0.6) is 0 Å². The highest BCUT2D eigenvalue weighted by molar-refractivity contribution is 5.78. The second-order valence-electron chi connectivity index (χ2n) is 4.74. The van der Waals surface area contributed by atoms with Gasteiger partial charge in [-0.2, -0.15) is 0 Å². The molecule has 1 amide bonds. The lowest BCUT2D eigenvalue weighted by atomic mass is 10.0. The highest BCUT2D eigenvalue weighted by Crippen LogP contribution is 2.16. The van der Waals surface area contributed by atoms with E-state index in [0.29, 0.717) is 13.1 Å². The van der Waals surface area contributed by atoms with Gasteiger partial charge in [0.25, 0.3) is 0 Å². The Morgan fingerprint density at radius 1 is 1.42 bits per heavy atom. The van der Waals surface area contributed by atoms with Crippen LogP contribution in [0.25, 0.3) is 0 Å². The van der Waals surface area contributed by atoms with Gasteiger partial charge < -0.3 is 10.4 Å². The molecule has 0 saturated carbocycles. The van der Waals surface area contributed by atoms with Gasteiger partial charge in [0.1, 0.15) is 0 Å². The Morgan fingerprint density at radius 3 is 2.68 bits per heavy atom. The van der Waals surface area contributed by atoms with Crippen molar-refractivity contribution in [3.05, 3.63) is 35.4 Å². The average Bonchev–Trinajstić information content (AvgIpc) is 2.38. The molecule has 0 spiro atoms. The molecular formula is C15H24N2O2. The van der Waals surface area contributed by atoms with E-state index < -0.39 is 0 Å². The maximum Gasteiger partial charge on any atom is 0.234 e. The summed E-state index contributed by atoms with van der Waals surface area (Å²) in [6, 6.07) is 8.05. The number of likely N-dealkylation sites (N-methyl/N-ethyl adjacent to an activating group) is 1. The van der Waals surface area contributed by atoms with Crippen molar-refractivity contribution < 1.29 is 9.90 Å². The SMILES string of the molecule is CCN(CCO)CC(=O)NC(C)c1ccccc1C. The molecule has 1 aromatic rings. The first-order valence-electron chi connectivity index (χ1n) is 6.76. The van der Waals surface area contributed by atoms with E-state index in [9.17, 15) is 4.79 Å². The lowest BCUT2D eigenvalue weighted by Gasteiger charge is -2.21. The summed E-state index contributed by atoms with van der Waals surface area (Å²) >= 11 is 0. The van der Waals surface area contributed by atoms with Crippen molar-refractivity contribution in [2.45, 2.75) is 26.8 Å². The molecule has 1 rings (SSSR count). The Labute approximate surface area is 115 Å². The van der Waals surface area contributed by atoms with Crippen molar-refractivity contribution in [3.8, 4) is 0 Å². The monoisotopic (exact) mass is 264 g/mol. The van der Waals surface area contributed by atoms with Crippen molar-refractivity contribution in [2.75, 3.05) is 26.2 Å². The second-order valence-corrected chi connectivity index (χ2v) is 4.74. The number of nitrogens with one attached hydrogen (secondary N) is 1. The summed E-state index contributed by atoms with van der Waals surface area (Å²) in [7, 11) is 0. The zero-order valence-corrected chi connectivity index (χ0v) is 12.0. The molecule has 4 heteroatoms. The lowest BCUT2D eigenvalue weighted by molar-refractivity contribution is -0.122. The Balaban J connectivity index is 2.55. The van der Waals surface area contributed by atoms with E-state index in [1.165, 1.54) is 5.56 Å². The van der Waals surface area contributed by atoms with Gasteiger partial charge in [-0.15, -0.1) is 0 Å². The van der Waals surface area contributed by atoms with Gasteiger partial charge in [-0.3, -0.25) is 9.69 Å². The number of amides is 1. The van der Waals surface area contributed by atoms with E-state index in [1.807, 2.05) is 49.9 Å². The van der Waals surface area contributed by atoms with Crippen LogP contribution in [-0.2, 0) is 4.79 Å². The Morgan fingerprint density at radius 2 is 2.11 bits per heavy atom. The summed E-state index contributed by atoms with van der Waals surface area (Å²) in [5.74, 6) is -0.00828. The highest BCUT2D eigenvalue weighted by Gasteiger charge is 2.13. The van der Waals surface area contributed by atoms with Gasteiger partial charge in [-0.05, 0) is 31.5 Å². The van der Waals surface area contributed by atoms with Crippen molar-refractivity contribution in [1.29, 1.82) is 0 Å². The van der Waals surface area contributed by atoms with Gasteiger partial charge in [0, 0.05) is 6.54 Å². The number of nitrogens with zero attached hydrogens (tertiary/aromatic N) is 1. The number of aliphatic hydroxyl groups is 1. The summed E-state index contributed by atoms with van der Waals surface area (Å²) in [4.78, 5) is 13.9. The molecule has 106 valence electrons.